The average Bonchev–Trinajstić information content (AvgIpc) is 2.44. The molecule has 0 aliphatic heterocycles. The summed E-state index contributed by atoms with van der Waals surface area (Å²) in [5, 5.41) is 11.6. The summed E-state index contributed by atoms with van der Waals surface area (Å²) in [4.78, 5) is 4.39. The number of hydrogen-bond acceptors (Lipinski definition) is 4. The van der Waals surface area contributed by atoms with Crippen LogP contribution in [0.3, 0.4) is 0 Å². The Morgan fingerprint density at radius 3 is 2.57 bits per heavy atom. The Morgan fingerprint density at radius 2 is 2.00 bits per heavy atom. The largest absolute Gasteiger partial charge is 0.409 e. The van der Waals surface area contributed by atoms with E-state index < -0.39 is 0 Å². The van der Waals surface area contributed by atoms with Crippen molar-refractivity contribution in [3.63, 3.8) is 0 Å². The molecule has 21 heavy (non-hydrogen) atoms. The van der Waals surface area contributed by atoms with E-state index in [1.165, 1.54) is 12.1 Å². The Bertz CT molecular complexity index is 477. The Kier molecular flexibility index (Phi) is 7.11. The number of amidine groups is 1. The molecular weight excluding hydrogens is 271 g/mol. The first-order valence-corrected chi connectivity index (χ1v) is 7.10. The van der Waals surface area contributed by atoms with Gasteiger partial charge in [-0.2, -0.15) is 0 Å². The highest BCUT2D eigenvalue weighted by Crippen LogP contribution is 2.12. The summed E-state index contributed by atoms with van der Waals surface area (Å²) in [5.41, 5.74) is 6.75. The molecule has 1 aromatic carbocycles. The molecule has 0 aliphatic carbocycles. The maximum Gasteiger partial charge on any atom is 0.170 e. The number of rotatable bonds is 8. The molecule has 0 atom stereocenters. The molecule has 5 nitrogen and oxygen atoms in total. The van der Waals surface area contributed by atoms with Crippen LogP contribution in [0.4, 0.5) is 4.39 Å². The van der Waals surface area contributed by atoms with Gasteiger partial charge in [0.25, 0.3) is 0 Å². The normalized spacial score (nSPS) is 12.4. The predicted octanol–water partition coefficient (Wildman–Crippen LogP) is 1.69. The molecule has 0 saturated carbocycles. The van der Waals surface area contributed by atoms with Gasteiger partial charge in [-0.05, 0) is 63.9 Å². The molecule has 0 radical (unpaired) electrons. The fourth-order valence-corrected chi connectivity index (χ4v) is 2.17. The minimum absolute atomic E-state index is 0.0774. The number of halogens is 1. The first kappa shape index (κ1) is 17.4. The fraction of sp³-hybridized carbons (Fsp3) is 0.533. The van der Waals surface area contributed by atoms with Crippen molar-refractivity contribution in [2.75, 3.05) is 33.7 Å². The van der Waals surface area contributed by atoms with Gasteiger partial charge in [-0.15, -0.1) is 0 Å². The minimum Gasteiger partial charge on any atom is -0.409 e. The topological polar surface area (TPSA) is 65.1 Å². The molecule has 0 fully saturated rings. The van der Waals surface area contributed by atoms with Crippen LogP contribution in [0.25, 0.3) is 0 Å². The molecule has 1 rings (SSSR count). The number of benzene rings is 1. The monoisotopic (exact) mass is 296 g/mol. The Morgan fingerprint density at radius 1 is 1.29 bits per heavy atom. The first-order valence-electron chi connectivity index (χ1n) is 7.10. The zero-order valence-electron chi connectivity index (χ0n) is 13.0. The van der Waals surface area contributed by atoms with E-state index in [0.29, 0.717) is 12.1 Å². The van der Waals surface area contributed by atoms with Gasteiger partial charge in [0.05, 0.1) is 0 Å². The van der Waals surface area contributed by atoms with Crippen LogP contribution in [0.2, 0.25) is 0 Å². The minimum atomic E-state index is -0.376. The van der Waals surface area contributed by atoms with Crippen LogP contribution in [0.1, 0.15) is 24.5 Å². The van der Waals surface area contributed by atoms with Crippen molar-refractivity contribution < 1.29 is 9.60 Å². The Balaban J connectivity index is 2.73. The number of nitrogens with two attached hydrogens (primary N) is 1. The van der Waals surface area contributed by atoms with Gasteiger partial charge in [-0.3, -0.25) is 4.90 Å². The van der Waals surface area contributed by atoms with E-state index in [1.807, 2.05) is 14.1 Å². The molecule has 0 aliphatic rings. The lowest BCUT2D eigenvalue weighted by molar-refractivity contribution is 0.259. The maximum absolute atomic E-state index is 13.6. The van der Waals surface area contributed by atoms with Crippen molar-refractivity contribution in [1.29, 1.82) is 0 Å². The molecule has 0 amide bonds. The van der Waals surface area contributed by atoms with E-state index >= 15 is 0 Å². The smallest absolute Gasteiger partial charge is 0.170 e. The zero-order valence-corrected chi connectivity index (χ0v) is 13.0. The quantitative estimate of drug-likeness (QED) is 0.332. The third kappa shape index (κ3) is 6.10. The highest BCUT2D eigenvalue weighted by atomic mass is 19.1. The second-order valence-corrected chi connectivity index (χ2v) is 5.36. The van der Waals surface area contributed by atoms with Crippen LogP contribution in [-0.4, -0.2) is 54.6 Å². The van der Waals surface area contributed by atoms with Crippen molar-refractivity contribution in [3.8, 4) is 0 Å². The van der Waals surface area contributed by atoms with Gasteiger partial charge < -0.3 is 15.8 Å². The summed E-state index contributed by atoms with van der Waals surface area (Å²) in [7, 11) is 4.10. The van der Waals surface area contributed by atoms with E-state index in [4.69, 9.17) is 10.9 Å². The number of hydrogen-bond donors (Lipinski definition) is 2. The predicted molar refractivity (Wildman–Crippen MR) is 83.0 cm³/mol. The van der Waals surface area contributed by atoms with Crippen molar-refractivity contribution in [3.05, 3.63) is 35.1 Å². The van der Waals surface area contributed by atoms with Gasteiger partial charge in [-0.1, -0.05) is 12.1 Å². The van der Waals surface area contributed by atoms with E-state index in [9.17, 15) is 4.39 Å². The van der Waals surface area contributed by atoms with E-state index in [2.05, 4.69) is 21.9 Å². The molecule has 0 spiro atoms. The van der Waals surface area contributed by atoms with Crippen molar-refractivity contribution >= 4 is 5.84 Å². The zero-order chi connectivity index (χ0) is 15.8. The third-order valence-corrected chi connectivity index (χ3v) is 3.29. The molecule has 0 unspecified atom stereocenters. The van der Waals surface area contributed by atoms with Crippen LogP contribution in [0, 0.1) is 5.82 Å². The summed E-state index contributed by atoms with van der Waals surface area (Å²) in [6, 6.07) is 4.51. The van der Waals surface area contributed by atoms with Crippen LogP contribution >= 0.6 is 0 Å². The second kappa shape index (κ2) is 8.59. The summed E-state index contributed by atoms with van der Waals surface area (Å²) in [6.45, 7) is 5.59. The molecule has 1 aromatic rings. The van der Waals surface area contributed by atoms with Gasteiger partial charge in [-0.25, -0.2) is 4.39 Å². The molecular formula is C15H25FN4O. The van der Waals surface area contributed by atoms with Crippen molar-refractivity contribution in [1.82, 2.24) is 9.80 Å². The molecule has 0 heterocycles. The van der Waals surface area contributed by atoms with Gasteiger partial charge in [0.2, 0.25) is 0 Å². The van der Waals surface area contributed by atoms with E-state index in [1.54, 1.807) is 6.07 Å². The number of oxime groups is 1. The molecule has 3 N–H and O–H groups in total. The first-order chi connectivity index (χ1) is 9.96. The third-order valence-electron chi connectivity index (χ3n) is 3.29. The van der Waals surface area contributed by atoms with Crippen LogP contribution in [0.15, 0.2) is 23.4 Å². The Labute approximate surface area is 125 Å². The van der Waals surface area contributed by atoms with Crippen LogP contribution in [-0.2, 0) is 6.54 Å². The van der Waals surface area contributed by atoms with Gasteiger partial charge >= 0.3 is 0 Å². The standard InChI is InChI=1S/C15H25FN4O/c1-4-20(7-5-6-19(2)3)11-12-8-13(15(17)18-21)10-14(16)9-12/h8-10,21H,4-7,11H2,1-3H3,(H2,17,18). The molecule has 0 aromatic heterocycles. The van der Waals surface area contributed by atoms with Gasteiger partial charge in [0, 0.05) is 12.1 Å². The SMILES string of the molecule is CCN(CCCN(C)C)Cc1cc(F)cc(/C(N)=N/O)c1. The molecule has 0 saturated heterocycles. The van der Waals surface area contributed by atoms with Crippen LogP contribution < -0.4 is 5.73 Å². The van der Waals surface area contributed by atoms with Crippen molar-refractivity contribution in [2.24, 2.45) is 10.9 Å². The van der Waals surface area contributed by atoms with Crippen molar-refractivity contribution in [2.45, 2.75) is 19.9 Å². The molecule has 0 bridgehead atoms. The average molecular weight is 296 g/mol. The van der Waals surface area contributed by atoms with E-state index in [0.717, 1.165) is 31.6 Å². The lowest BCUT2D eigenvalue weighted by atomic mass is 10.1. The maximum atomic E-state index is 13.6. The van der Waals surface area contributed by atoms with Gasteiger partial charge in [0.1, 0.15) is 5.82 Å². The summed E-state index contributed by atoms with van der Waals surface area (Å²) in [5.74, 6) is -0.454. The lowest BCUT2D eigenvalue weighted by Gasteiger charge is -2.21. The number of nitrogens with zero attached hydrogens (tertiary/aromatic N) is 3. The molecule has 118 valence electrons. The second-order valence-electron chi connectivity index (χ2n) is 5.36. The molecule has 6 heteroatoms. The summed E-state index contributed by atoms with van der Waals surface area (Å²) < 4.78 is 13.6. The van der Waals surface area contributed by atoms with Gasteiger partial charge in [0.15, 0.2) is 5.84 Å². The highest BCUT2D eigenvalue weighted by molar-refractivity contribution is 5.97. The summed E-state index contributed by atoms with van der Waals surface area (Å²) >= 11 is 0. The fourth-order valence-electron chi connectivity index (χ4n) is 2.17. The Hall–Kier alpha value is -1.66. The highest BCUT2D eigenvalue weighted by Gasteiger charge is 2.08. The van der Waals surface area contributed by atoms with Crippen LogP contribution in [0.5, 0.6) is 0 Å². The van der Waals surface area contributed by atoms with E-state index in [-0.39, 0.29) is 11.7 Å². The summed E-state index contributed by atoms with van der Waals surface area (Å²) in [6.07, 6.45) is 1.06. The lowest BCUT2D eigenvalue weighted by Crippen LogP contribution is -2.27.